The van der Waals surface area contributed by atoms with Crippen LogP contribution >= 0.6 is 45.5 Å². The van der Waals surface area contributed by atoms with Gasteiger partial charge in [-0.25, -0.2) is 4.39 Å². The molecule has 2 aromatic rings. The average Bonchev–Trinajstić information content (AvgIpc) is 2.81. The van der Waals surface area contributed by atoms with Crippen LogP contribution in [0.25, 0.3) is 0 Å². The molecule has 102 valence electrons. The average molecular weight is 410 g/mol. The van der Waals surface area contributed by atoms with E-state index in [-0.39, 0.29) is 16.9 Å². The molecule has 0 fully saturated rings. The van der Waals surface area contributed by atoms with Crippen LogP contribution in [0.5, 0.6) is 0 Å². The highest BCUT2D eigenvalue weighted by molar-refractivity contribution is 14.1. The predicted molar refractivity (Wildman–Crippen MR) is 88.6 cm³/mol. The number of hydrogen-bond donors (Lipinski definition) is 1. The highest BCUT2D eigenvalue weighted by Crippen LogP contribution is 2.27. The van der Waals surface area contributed by atoms with Crippen molar-refractivity contribution in [3.05, 3.63) is 54.5 Å². The molecule has 5 heteroatoms. The summed E-state index contributed by atoms with van der Waals surface area (Å²) in [4.78, 5) is 0. The summed E-state index contributed by atoms with van der Waals surface area (Å²) in [6.45, 7) is 2.90. The molecule has 0 aliphatic heterocycles. The molecule has 1 aromatic heterocycles. The zero-order valence-corrected chi connectivity index (χ0v) is 14.2. The molecule has 0 aliphatic rings. The van der Waals surface area contributed by atoms with Crippen LogP contribution in [0.4, 0.5) is 4.39 Å². The maximum Gasteiger partial charge on any atom is 0.145 e. The lowest BCUT2D eigenvalue weighted by Crippen LogP contribution is -2.22. The summed E-state index contributed by atoms with van der Waals surface area (Å²) in [7, 11) is 0. The van der Waals surface area contributed by atoms with Gasteiger partial charge < -0.3 is 5.32 Å². The fourth-order valence-corrected chi connectivity index (χ4v) is 3.61. The number of benzene rings is 1. The van der Waals surface area contributed by atoms with E-state index in [1.807, 2.05) is 0 Å². The topological polar surface area (TPSA) is 12.0 Å². The van der Waals surface area contributed by atoms with Crippen LogP contribution in [-0.4, -0.2) is 6.54 Å². The smallest absolute Gasteiger partial charge is 0.145 e. The zero-order chi connectivity index (χ0) is 13.8. The molecule has 0 aliphatic carbocycles. The first-order valence-electron chi connectivity index (χ1n) is 6.02. The van der Waals surface area contributed by atoms with Crippen LogP contribution in [0, 0.1) is 8.70 Å². The van der Waals surface area contributed by atoms with Crippen molar-refractivity contribution in [3.63, 3.8) is 0 Å². The molecule has 0 spiro atoms. The molecule has 1 N–H and O–H groups in total. The number of likely N-dealkylation sites (N-methyl/N-ethyl adjacent to an activating group) is 1. The molecule has 1 atom stereocenters. The molecule has 1 aromatic carbocycles. The van der Waals surface area contributed by atoms with Gasteiger partial charge in [0.05, 0.1) is 7.91 Å². The van der Waals surface area contributed by atoms with E-state index in [1.54, 1.807) is 29.5 Å². The quantitative estimate of drug-likeness (QED) is 0.682. The highest BCUT2D eigenvalue weighted by Gasteiger charge is 2.16. The van der Waals surface area contributed by atoms with Gasteiger partial charge >= 0.3 is 0 Å². The van der Waals surface area contributed by atoms with Crippen LogP contribution in [0.2, 0.25) is 5.02 Å². The summed E-state index contributed by atoms with van der Waals surface area (Å²) in [6.07, 6.45) is 0.604. The molecular formula is C14H14ClFINS. The largest absolute Gasteiger partial charge is 0.310 e. The van der Waals surface area contributed by atoms with E-state index in [2.05, 4.69) is 46.3 Å². The normalized spacial score (nSPS) is 12.6. The summed E-state index contributed by atoms with van der Waals surface area (Å²) in [6, 6.07) is 7.43. The summed E-state index contributed by atoms with van der Waals surface area (Å²) >= 11 is 9.83. The first kappa shape index (κ1) is 15.2. The van der Waals surface area contributed by atoms with Gasteiger partial charge in [0.25, 0.3) is 0 Å². The number of rotatable bonds is 5. The lowest BCUT2D eigenvalue weighted by molar-refractivity contribution is 0.529. The molecule has 0 amide bonds. The maximum atomic E-state index is 14.0. The van der Waals surface area contributed by atoms with E-state index in [1.165, 1.54) is 8.45 Å². The molecule has 1 heterocycles. The molecule has 0 radical (unpaired) electrons. The molecule has 19 heavy (non-hydrogen) atoms. The van der Waals surface area contributed by atoms with E-state index in [0.717, 1.165) is 6.54 Å². The van der Waals surface area contributed by atoms with Crippen molar-refractivity contribution in [1.82, 2.24) is 5.32 Å². The van der Waals surface area contributed by atoms with Gasteiger partial charge in [0.15, 0.2) is 0 Å². The second-order valence-electron chi connectivity index (χ2n) is 4.21. The van der Waals surface area contributed by atoms with Gasteiger partial charge in [-0.3, -0.25) is 0 Å². The summed E-state index contributed by atoms with van der Waals surface area (Å²) in [5, 5.41) is 5.71. The van der Waals surface area contributed by atoms with Crippen LogP contribution in [0.15, 0.2) is 29.6 Å². The minimum atomic E-state index is -0.308. The molecule has 1 nitrogen and oxygen atoms in total. The standard InChI is InChI=1S/C14H14ClFINS/c1-2-18-12(10-7-13(17)19-8-10)6-9-4-3-5-11(15)14(9)16/h3-5,7-8,12,18H,2,6H2,1H3. The Morgan fingerprint density at radius 2 is 2.26 bits per heavy atom. The molecule has 0 bridgehead atoms. The van der Waals surface area contributed by atoms with E-state index >= 15 is 0 Å². The first-order valence-corrected chi connectivity index (χ1v) is 8.35. The van der Waals surface area contributed by atoms with Crippen molar-refractivity contribution in [2.75, 3.05) is 6.54 Å². The van der Waals surface area contributed by atoms with E-state index < -0.39 is 0 Å². The fourth-order valence-electron chi connectivity index (χ4n) is 1.99. The van der Waals surface area contributed by atoms with Crippen molar-refractivity contribution in [2.24, 2.45) is 0 Å². The SMILES string of the molecule is CCNC(Cc1cccc(Cl)c1F)c1csc(I)c1. The van der Waals surface area contributed by atoms with Crippen molar-refractivity contribution in [1.29, 1.82) is 0 Å². The summed E-state index contributed by atoms with van der Waals surface area (Å²) in [5.41, 5.74) is 1.86. The Hall–Kier alpha value is -0.170. The van der Waals surface area contributed by atoms with E-state index in [9.17, 15) is 4.39 Å². The third-order valence-electron chi connectivity index (χ3n) is 2.90. The molecular weight excluding hydrogens is 396 g/mol. The Kier molecular flexibility index (Phi) is 5.62. The maximum absolute atomic E-state index is 14.0. The van der Waals surface area contributed by atoms with Gasteiger partial charge in [0, 0.05) is 6.04 Å². The Morgan fingerprint density at radius 3 is 2.89 bits per heavy atom. The van der Waals surface area contributed by atoms with Crippen LogP contribution < -0.4 is 5.32 Å². The van der Waals surface area contributed by atoms with Crippen LogP contribution in [0.1, 0.15) is 24.1 Å². The van der Waals surface area contributed by atoms with Crippen molar-refractivity contribution in [3.8, 4) is 0 Å². The first-order chi connectivity index (χ1) is 9.11. The predicted octanol–water partition coefficient (Wildman–Crippen LogP) is 5.04. The second-order valence-corrected chi connectivity index (χ2v) is 7.42. The Morgan fingerprint density at radius 1 is 1.47 bits per heavy atom. The number of thiophene rings is 1. The van der Waals surface area contributed by atoms with Gasteiger partial charge in [0.2, 0.25) is 0 Å². The number of nitrogens with one attached hydrogen (secondary N) is 1. The minimum Gasteiger partial charge on any atom is -0.310 e. The van der Waals surface area contributed by atoms with Crippen LogP contribution in [-0.2, 0) is 6.42 Å². The van der Waals surface area contributed by atoms with Gasteiger partial charge in [-0.05, 0) is 64.2 Å². The monoisotopic (exact) mass is 409 g/mol. The second kappa shape index (κ2) is 7.02. The number of hydrogen-bond acceptors (Lipinski definition) is 2. The Balaban J connectivity index is 2.23. The zero-order valence-electron chi connectivity index (χ0n) is 10.4. The molecule has 0 saturated carbocycles. The Bertz CT molecular complexity index is 558. The highest BCUT2D eigenvalue weighted by atomic mass is 127. The summed E-state index contributed by atoms with van der Waals surface area (Å²) in [5.74, 6) is -0.308. The Labute approximate surface area is 135 Å². The molecule has 2 rings (SSSR count). The lowest BCUT2D eigenvalue weighted by Gasteiger charge is -2.17. The van der Waals surface area contributed by atoms with Gasteiger partial charge in [-0.2, -0.15) is 0 Å². The van der Waals surface area contributed by atoms with Gasteiger partial charge in [0.1, 0.15) is 5.82 Å². The third-order valence-corrected chi connectivity index (χ3v) is 5.00. The van der Waals surface area contributed by atoms with Crippen LogP contribution in [0.3, 0.4) is 0 Å². The fraction of sp³-hybridized carbons (Fsp3) is 0.286. The van der Waals surface area contributed by atoms with Gasteiger partial charge in [-0.1, -0.05) is 30.7 Å². The van der Waals surface area contributed by atoms with E-state index in [0.29, 0.717) is 12.0 Å². The minimum absolute atomic E-state index is 0.123. The van der Waals surface area contributed by atoms with Gasteiger partial charge in [-0.15, -0.1) is 11.3 Å². The van der Waals surface area contributed by atoms with E-state index in [4.69, 9.17) is 11.6 Å². The third kappa shape index (κ3) is 3.90. The number of halogens is 3. The van der Waals surface area contributed by atoms with Crippen molar-refractivity contribution in [2.45, 2.75) is 19.4 Å². The summed E-state index contributed by atoms with van der Waals surface area (Å²) < 4.78 is 15.2. The molecule has 1 unspecified atom stereocenters. The van der Waals surface area contributed by atoms with Crippen molar-refractivity contribution < 1.29 is 4.39 Å². The lowest BCUT2D eigenvalue weighted by atomic mass is 10.0. The van der Waals surface area contributed by atoms with Crippen molar-refractivity contribution >= 4 is 45.5 Å². The molecule has 0 saturated heterocycles.